The predicted octanol–water partition coefficient (Wildman–Crippen LogP) is 4.97. The Balaban J connectivity index is 2.33. The first kappa shape index (κ1) is 12.9. The largest absolute Gasteiger partial charge is 0.247 e. The van der Waals surface area contributed by atoms with Crippen molar-refractivity contribution in [1.82, 2.24) is 4.98 Å². The van der Waals surface area contributed by atoms with E-state index in [-0.39, 0.29) is 15.9 Å². The molecule has 5 heteroatoms. The van der Waals surface area contributed by atoms with Crippen molar-refractivity contribution in [2.45, 2.75) is 0 Å². The van der Waals surface area contributed by atoms with Gasteiger partial charge in [-0.3, -0.25) is 0 Å². The standard InChI is InChI=1S/C15H7ClF3N/c16-9-6-11(8-4-2-1-3-5-8)20-12-7-10(17)14(18)15(19)13(9)12/h1-7H. The molecule has 0 saturated carbocycles. The van der Waals surface area contributed by atoms with E-state index in [1.165, 1.54) is 6.07 Å². The Morgan fingerprint density at radius 3 is 2.30 bits per heavy atom. The highest BCUT2D eigenvalue weighted by Gasteiger charge is 2.17. The van der Waals surface area contributed by atoms with E-state index in [0.717, 1.165) is 11.6 Å². The molecule has 3 aromatic rings. The van der Waals surface area contributed by atoms with Gasteiger partial charge in [0.05, 0.1) is 21.6 Å². The van der Waals surface area contributed by atoms with Gasteiger partial charge in [-0.1, -0.05) is 41.9 Å². The molecular formula is C15H7ClF3N. The number of fused-ring (bicyclic) bond motifs is 1. The van der Waals surface area contributed by atoms with Gasteiger partial charge in [0.15, 0.2) is 17.5 Å². The van der Waals surface area contributed by atoms with E-state index in [4.69, 9.17) is 11.6 Å². The van der Waals surface area contributed by atoms with Gasteiger partial charge in [0, 0.05) is 11.6 Å². The molecule has 100 valence electrons. The number of hydrogen-bond acceptors (Lipinski definition) is 1. The Labute approximate surface area is 117 Å². The van der Waals surface area contributed by atoms with Crippen molar-refractivity contribution in [3.05, 3.63) is 64.9 Å². The van der Waals surface area contributed by atoms with Crippen molar-refractivity contribution in [2.75, 3.05) is 0 Å². The van der Waals surface area contributed by atoms with Crippen molar-refractivity contribution in [1.29, 1.82) is 0 Å². The van der Waals surface area contributed by atoms with E-state index in [1.807, 2.05) is 6.07 Å². The van der Waals surface area contributed by atoms with Crippen LogP contribution in [-0.2, 0) is 0 Å². The van der Waals surface area contributed by atoms with E-state index in [9.17, 15) is 13.2 Å². The Kier molecular flexibility index (Phi) is 3.10. The van der Waals surface area contributed by atoms with E-state index in [0.29, 0.717) is 5.69 Å². The number of aromatic nitrogens is 1. The molecule has 0 N–H and O–H groups in total. The minimum Gasteiger partial charge on any atom is -0.247 e. The van der Waals surface area contributed by atoms with E-state index >= 15 is 0 Å². The number of rotatable bonds is 1. The lowest BCUT2D eigenvalue weighted by molar-refractivity contribution is 0.453. The fourth-order valence-corrected chi connectivity index (χ4v) is 2.29. The molecule has 1 heterocycles. The summed E-state index contributed by atoms with van der Waals surface area (Å²) in [6, 6.07) is 11.3. The van der Waals surface area contributed by atoms with Gasteiger partial charge in [0.1, 0.15) is 0 Å². The zero-order valence-corrected chi connectivity index (χ0v) is 10.8. The summed E-state index contributed by atoms with van der Waals surface area (Å²) in [7, 11) is 0. The molecule has 0 amide bonds. The van der Waals surface area contributed by atoms with Gasteiger partial charge >= 0.3 is 0 Å². The highest BCUT2D eigenvalue weighted by Crippen LogP contribution is 2.31. The number of nitrogens with zero attached hydrogens (tertiary/aromatic N) is 1. The third-order valence-electron chi connectivity index (χ3n) is 2.95. The zero-order valence-electron chi connectivity index (χ0n) is 10.0. The first-order valence-corrected chi connectivity index (χ1v) is 6.15. The Hall–Kier alpha value is -2.07. The number of hydrogen-bond donors (Lipinski definition) is 0. The zero-order chi connectivity index (χ0) is 14.3. The monoisotopic (exact) mass is 293 g/mol. The topological polar surface area (TPSA) is 12.9 Å². The molecule has 0 fully saturated rings. The summed E-state index contributed by atoms with van der Waals surface area (Å²) in [5, 5.41) is -0.226. The molecule has 0 aliphatic carbocycles. The average molecular weight is 294 g/mol. The predicted molar refractivity (Wildman–Crippen MR) is 72.1 cm³/mol. The van der Waals surface area contributed by atoms with E-state index in [2.05, 4.69) is 4.98 Å². The summed E-state index contributed by atoms with van der Waals surface area (Å²) in [5.74, 6) is -4.16. The van der Waals surface area contributed by atoms with Crippen LogP contribution in [0.4, 0.5) is 13.2 Å². The molecule has 0 spiro atoms. The summed E-state index contributed by atoms with van der Waals surface area (Å²) in [4.78, 5) is 4.14. The Bertz CT molecular complexity index is 803. The summed E-state index contributed by atoms with van der Waals surface area (Å²) in [6.07, 6.45) is 0. The van der Waals surface area contributed by atoms with Gasteiger partial charge in [-0.2, -0.15) is 0 Å². The van der Waals surface area contributed by atoms with Gasteiger partial charge < -0.3 is 0 Å². The molecule has 0 aliphatic heterocycles. The first-order valence-electron chi connectivity index (χ1n) is 5.77. The lowest BCUT2D eigenvalue weighted by atomic mass is 10.1. The van der Waals surface area contributed by atoms with E-state index < -0.39 is 17.5 Å². The van der Waals surface area contributed by atoms with Crippen LogP contribution in [0.1, 0.15) is 0 Å². The molecule has 3 rings (SSSR count). The fourth-order valence-electron chi connectivity index (χ4n) is 2.01. The van der Waals surface area contributed by atoms with E-state index in [1.54, 1.807) is 24.3 Å². The average Bonchev–Trinajstić information content (AvgIpc) is 2.45. The lowest BCUT2D eigenvalue weighted by Gasteiger charge is -2.07. The van der Waals surface area contributed by atoms with Gasteiger partial charge in [-0.25, -0.2) is 18.2 Å². The second-order valence-corrected chi connectivity index (χ2v) is 4.64. The van der Waals surface area contributed by atoms with Crippen LogP contribution in [-0.4, -0.2) is 4.98 Å². The lowest BCUT2D eigenvalue weighted by Crippen LogP contribution is -1.96. The third-order valence-corrected chi connectivity index (χ3v) is 3.25. The SMILES string of the molecule is Fc1cc2nc(-c3ccccc3)cc(Cl)c2c(F)c1F. The van der Waals surface area contributed by atoms with Crippen molar-refractivity contribution in [2.24, 2.45) is 0 Å². The molecule has 2 aromatic carbocycles. The van der Waals surface area contributed by atoms with Gasteiger partial charge in [-0.15, -0.1) is 0 Å². The van der Waals surface area contributed by atoms with Crippen molar-refractivity contribution in [3.63, 3.8) is 0 Å². The van der Waals surface area contributed by atoms with Crippen LogP contribution < -0.4 is 0 Å². The third kappa shape index (κ3) is 2.02. The second kappa shape index (κ2) is 4.80. The van der Waals surface area contributed by atoms with Gasteiger partial charge in [0.2, 0.25) is 0 Å². The van der Waals surface area contributed by atoms with Crippen molar-refractivity contribution < 1.29 is 13.2 Å². The maximum absolute atomic E-state index is 13.7. The maximum atomic E-state index is 13.7. The number of pyridine rings is 1. The minimum absolute atomic E-state index is 0.00902. The molecule has 0 atom stereocenters. The molecule has 20 heavy (non-hydrogen) atoms. The molecule has 0 aliphatic rings. The van der Waals surface area contributed by atoms with Gasteiger partial charge in [-0.05, 0) is 6.07 Å². The van der Waals surface area contributed by atoms with Crippen LogP contribution in [0, 0.1) is 17.5 Å². The highest BCUT2D eigenvalue weighted by atomic mass is 35.5. The Morgan fingerprint density at radius 1 is 0.900 bits per heavy atom. The summed E-state index contributed by atoms with van der Waals surface area (Å²) in [5.41, 5.74) is 1.20. The summed E-state index contributed by atoms with van der Waals surface area (Å²) in [6.45, 7) is 0. The van der Waals surface area contributed by atoms with Crippen LogP contribution >= 0.6 is 11.6 Å². The molecule has 0 saturated heterocycles. The van der Waals surface area contributed by atoms with Gasteiger partial charge in [0.25, 0.3) is 0 Å². The molecule has 0 unspecified atom stereocenters. The first-order chi connectivity index (χ1) is 9.58. The van der Waals surface area contributed by atoms with Crippen LogP contribution in [0.5, 0.6) is 0 Å². The van der Waals surface area contributed by atoms with Crippen molar-refractivity contribution in [3.8, 4) is 11.3 Å². The number of halogens is 4. The van der Waals surface area contributed by atoms with Crippen LogP contribution in [0.2, 0.25) is 5.02 Å². The Morgan fingerprint density at radius 2 is 1.60 bits per heavy atom. The summed E-state index contributed by atoms with van der Waals surface area (Å²) < 4.78 is 40.2. The molecule has 1 aromatic heterocycles. The number of benzene rings is 2. The van der Waals surface area contributed by atoms with Crippen LogP contribution in [0.3, 0.4) is 0 Å². The second-order valence-electron chi connectivity index (χ2n) is 4.24. The molecule has 0 bridgehead atoms. The minimum atomic E-state index is -1.55. The maximum Gasteiger partial charge on any atom is 0.195 e. The normalized spacial score (nSPS) is 11.0. The van der Waals surface area contributed by atoms with Crippen molar-refractivity contribution >= 4 is 22.5 Å². The summed E-state index contributed by atoms with van der Waals surface area (Å²) >= 11 is 5.97. The highest BCUT2D eigenvalue weighted by molar-refractivity contribution is 6.35. The molecule has 1 nitrogen and oxygen atoms in total. The quantitative estimate of drug-likeness (QED) is 0.577. The fraction of sp³-hybridized carbons (Fsp3) is 0. The molecular weight excluding hydrogens is 287 g/mol. The molecule has 0 radical (unpaired) electrons. The van der Waals surface area contributed by atoms with Crippen LogP contribution in [0.15, 0.2) is 42.5 Å². The smallest absolute Gasteiger partial charge is 0.195 e. The van der Waals surface area contributed by atoms with Crippen LogP contribution in [0.25, 0.3) is 22.2 Å².